The van der Waals surface area contributed by atoms with Crippen molar-refractivity contribution in [3.05, 3.63) is 108 Å². The molecule has 226 valence electrons. The number of fused-ring (bicyclic) bond motifs is 1. The third kappa shape index (κ3) is 9.08. The van der Waals surface area contributed by atoms with Crippen LogP contribution in [-0.2, 0) is 20.9 Å². The van der Waals surface area contributed by atoms with Crippen molar-refractivity contribution in [2.75, 3.05) is 0 Å². The van der Waals surface area contributed by atoms with Gasteiger partial charge in [-0.25, -0.2) is 4.79 Å². The van der Waals surface area contributed by atoms with Crippen molar-refractivity contribution in [2.24, 2.45) is 5.92 Å². The molecule has 0 saturated heterocycles. The lowest BCUT2D eigenvalue weighted by molar-refractivity contribution is -0.150. The number of hydrogen-bond acceptors (Lipinski definition) is 6. The molecule has 0 spiro atoms. The maximum atomic E-state index is 13.4. The summed E-state index contributed by atoms with van der Waals surface area (Å²) >= 11 is 0. The number of carbonyl (C=O) groups excluding carboxylic acids is 2. The Morgan fingerprint density at radius 3 is 2.14 bits per heavy atom. The first-order valence-corrected chi connectivity index (χ1v) is 15.0. The number of phenols is 1. The van der Waals surface area contributed by atoms with Gasteiger partial charge in [0.2, 0.25) is 0 Å². The van der Waals surface area contributed by atoms with Crippen LogP contribution in [0.1, 0.15) is 82.4 Å². The largest absolute Gasteiger partial charge is 0.514 e. The summed E-state index contributed by atoms with van der Waals surface area (Å²) in [6, 6.07) is 28.8. The number of esters is 1. The first kappa shape index (κ1) is 31.6. The predicted octanol–water partition coefficient (Wildman–Crippen LogP) is 9.30. The van der Waals surface area contributed by atoms with E-state index in [1.54, 1.807) is 45.0 Å². The van der Waals surface area contributed by atoms with Crippen LogP contribution in [-0.4, -0.2) is 22.8 Å². The first-order valence-electron chi connectivity index (χ1n) is 15.0. The van der Waals surface area contributed by atoms with Crippen molar-refractivity contribution in [1.29, 1.82) is 0 Å². The second kappa shape index (κ2) is 14.2. The van der Waals surface area contributed by atoms with Gasteiger partial charge < -0.3 is 19.3 Å². The molecular weight excluding hydrogens is 540 g/mol. The molecule has 4 aromatic rings. The molecule has 0 bridgehead atoms. The average Bonchev–Trinajstić information content (AvgIpc) is 2.97. The Labute approximate surface area is 254 Å². The van der Waals surface area contributed by atoms with Gasteiger partial charge in [0.15, 0.2) is 0 Å². The molecule has 4 aromatic carbocycles. The molecule has 0 fully saturated rings. The minimum Gasteiger partial charge on any atom is -0.508 e. The number of ether oxygens (including phenoxy) is 3. The third-order valence-corrected chi connectivity index (χ3v) is 7.69. The van der Waals surface area contributed by atoms with E-state index in [0.717, 1.165) is 33.9 Å². The number of hydrogen-bond donors (Lipinski definition) is 1. The summed E-state index contributed by atoms with van der Waals surface area (Å²) in [7, 11) is 0. The molecule has 6 heteroatoms. The average molecular weight is 583 g/mol. The van der Waals surface area contributed by atoms with Crippen LogP contribution in [0.2, 0.25) is 0 Å². The molecule has 3 atom stereocenters. The standard InChI is InChI=1S/C37H42O6/c1-6-26(35(39)41-24-30-12-9-11-29-10-7-8-13-34(29)30)23-31(28-14-18-32(38)19-15-28)22-25(2)27-16-20-33(21-17-27)42-36(40)43-37(3,4)5/h7-21,25-26,31,38H,6,22-24H2,1-5H3. The Morgan fingerprint density at radius 1 is 0.814 bits per heavy atom. The van der Waals surface area contributed by atoms with Gasteiger partial charge >= 0.3 is 12.1 Å². The molecule has 4 rings (SSSR count). The summed E-state index contributed by atoms with van der Waals surface area (Å²) in [5.74, 6) is 0.362. The fourth-order valence-corrected chi connectivity index (χ4v) is 5.37. The second-order valence-electron chi connectivity index (χ2n) is 12.1. The molecule has 0 aromatic heterocycles. The van der Waals surface area contributed by atoms with Gasteiger partial charge in [0.1, 0.15) is 23.7 Å². The van der Waals surface area contributed by atoms with E-state index in [-0.39, 0.29) is 36.1 Å². The zero-order valence-electron chi connectivity index (χ0n) is 25.7. The molecule has 0 aliphatic heterocycles. The van der Waals surface area contributed by atoms with Crippen LogP contribution in [0.3, 0.4) is 0 Å². The highest BCUT2D eigenvalue weighted by atomic mass is 16.7. The molecular formula is C37H42O6. The zero-order valence-corrected chi connectivity index (χ0v) is 25.7. The normalized spacial score (nSPS) is 13.6. The highest BCUT2D eigenvalue weighted by molar-refractivity contribution is 5.85. The number of aromatic hydroxyl groups is 1. The highest BCUT2D eigenvalue weighted by Crippen LogP contribution is 2.36. The minimum absolute atomic E-state index is 0.0587. The molecule has 1 N–H and O–H groups in total. The van der Waals surface area contributed by atoms with E-state index in [1.165, 1.54) is 0 Å². The van der Waals surface area contributed by atoms with Crippen molar-refractivity contribution in [1.82, 2.24) is 0 Å². The Hall–Kier alpha value is -4.32. The van der Waals surface area contributed by atoms with Gasteiger partial charge in [-0.05, 0) is 104 Å². The van der Waals surface area contributed by atoms with Gasteiger partial charge in [-0.15, -0.1) is 0 Å². The van der Waals surface area contributed by atoms with Crippen LogP contribution < -0.4 is 4.74 Å². The van der Waals surface area contributed by atoms with Crippen molar-refractivity contribution < 1.29 is 28.9 Å². The summed E-state index contributed by atoms with van der Waals surface area (Å²) < 4.78 is 16.4. The van der Waals surface area contributed by atoms with Crippen LogP contribution in [0.4, 0.5) is 4.79 Å². The molecule has 0 aliphatic rings. The molecule has 0 heterocycles. The minimum atomic E-state index is -0.737. The van der Waals surface area contributed by atoms with E-state index in [0.29, 0.717) is 18.6 Å². The van der Waals surface area contributed by atoms with Crippen molar-refractivity contribution in [2.45, 2.75) is 77.9 Å². The summed E-state index contributed by atoms with van der Waals surface area (Å²) in [6.07, 6.45) is 1.33. The summed E-state index contributed by atoms with van der Waals surface area (Å²) in [4.78, 5) is 25.4. The lowest BCUT2D eigenvalue weighted by Gasteiger charge is -2.25. The molecule has 3 unspecified atom stereocenters. The number of benzene rings is 4. The summed E-state index contributed by atoms with van der Waals surface area (Å²) in [6.45, 7) is 9.77. The van der Waals surface area contributed by atoms with E-state index >= 15 is 0 Å². The molecule has 0 saturated carbocycles. The van der Waals surface area contributed by atoms with Crippen LogP contribution in [0, 0.1) is 5.92 Å². The Balaban J connectivity index is 1.45. The van der Waals surface area contributed by atoms with Crippen LogP contribution in [0.5, 0.6) is 11.5 Å². The number of rotatable bonds is 11. The first-order chi connectivity index (χ1) is 20.5. The van der Waals surface area contributed by atoms with E-state index < -0.39 is 11.8 Å². The molecule has 0 aliphatic carbocycles. The van der Waals surface area contributed by atoms with Crippen LogP contribution in [0.25, 0.3) is 10.8 Å². The fourth-order valence-electron chi connectivity index (χ4n) is 5.37. The summed E-state index contributed by atoms with van der Waals surface area (Å²) in [5, 5.41) is 12.1. The number of phenolic OH excluding ortho intramolecular Hbond substituents is 1. The van der Waals surface area contributed by atoms with Gasteiger partial charge in [0.25, 0.3) is 0 Å². The highest BCUT2D eigenvalue weighted by Gasteiger charge is 2.26. The molecule has 43 heavy (non-hydrogen) atoms. The van der Waals surface area contributed by atoms with E-state index in [9.17, 15) is 14.7 Å². The van der Waals surface area contributed by atoms with Crippen LogP contribution in [0.15, 0.2) is 91.0 Å². The van der Waals surface area contributed by atoms with Crippen molar-refractivity contribution >= 4 is 22.9 Å². The Kier molecular flexibility index (Phi) is 10.5. The number of carbonyl (C=O) groups is 2. The van der Waals surface area contributed by atoms with Gasteiger partial charge in [0.05, 0.1) is 5.92 Å². The lowest BCUT2D eigenvalue weighted by Crippen LogP contribution is -2.25. The van der Waals surface area contributed by atoms with Gasteiger partial charge in [0, 0.05) is 0 Å². The van der Waals surface area contributed by atoms with E-state index in [1.807, 2.05) is 61.5 Å². The van der Waals surface area contributed by atoms with Gasteiger partial charge in [-0.2, -0.15) is 0 Å². The Bertz CT molecular complexity index is 1500. The fraction of sp³-hybridized carbons (Fsp3) is 0.351. The van der Waals surface area contributed by atoms with Crippen molar-refractivity contribution in [3.63, 3.8) is 0 Å². The maximum Gasteiger partial charge on any atom is 0.514 e. The smallest absolute Gasteiger partial charge is 0.508 e. The van der Waals surface area contributed by atoms with E-state index in [2.05, 4.69) is 19.1 Å². The van der Waals surface area contributed by atoms with Crippen molar-refractivity contribution in [3.8, 4) is 11.5 Å². The van der Waals surface area contributed by atoms with E-state index in [4.69, 9.17) is 14.2 Å². The quantitative estimate of drug-likeness (QED) is 0.140. The summed E-state index contributed by atoms with van der Waals surface area (Å²) in [5.41, 5.74) is 2.51. The van der Waals surface area contributed by atoms with Gasteiger partial charge in [-0.1, -0.05) is 80.6 Å². The monoisotopic (exact) mass is 582 g/mol. The zero-order chi connectivity index (χ0) is 31.0. The third-order valence-electron chi connectivity index (χ3n) is 7.69. The molecule has 0 amide bonds. The second-order valence-corrected chi connectivity index (χ2v) is 12.1. The molecule has 0 radical (unpaired) electrons. The topological polar surface area (TPSA) is 82.1 Å². The van der Waals surface area contributed by atoms with Crippen LogP contribution >= 0.6 is 0 Å². The molecule has 6 nitrogen and oxygen atoms in total. The predicted molar refractivity (Wildman–Crippen MR) is 169 cm³/mol. The van der Waals surface area contributed by atoms with Gasteiger partial charge in [-0.3, -0.25) is 4.79 Å². The Morgan fingerprint density at radius 2 is 1.47 bits per heavy atom. The maximum absolute atomic E-state index is 13.4. The SMILES string of the molecule is CCC(CC(CC(C)c1ccc(OC(=O)OC(C)(C)C)cc1)c1ccc(O)cc1)C(=O)OCc1cccc2ccccc12. The lowest BCUT2D eigenvalue weighted by atomic mass is 9.80.